The molecular formula is C85H119IN10O30S3. The second kappa shape index (κ2) is 49.5. The smallest absolute Gasteiger partial charge is 0.411 e. The normalized spacial score (nSPS) is 28.1. The quantitative estimate of drug-likeness (QED) is 0.0149. The number of hydrogen-bond donors (Lipinski definition) is 15. The molecule has 714 valence electrons. The number of amides is 8. The number of urea groups is 1. The topological polar surface area (TPSA) is 561 Å². The lowest BCUT2D eigenvalue weighted by Gasteiger charge is -2.47. The van der Waals surface area contributed by atoms with Crippen LogP contribution >= 0.6 is 55.9 Å². The van der Waals surface area contributed by atoms with Gasteiger partial charge in [0.05, 0.1) is 97.0 Å². The van der Waals surface area contributed by atoms with Gasteiger partial charge in [-0.25, -0.2) is 14.4 Å². The summed E-state index contributed by atoms with van der Waals surface area (Å²) in [5.41, 5.74) is 12.0. The van der Waals surface area contributed by atoms with Gasteiger partial charge in [0.2, 0.25) is 40.8 Å². The Hall–Kier alpha value is -8.18. The van der Waals surface area contributed by atoms with Crippen molar-refractivity contribution in [2.24, 2.45) is 17.4 Å². The molecule has 2 bridgehead atoms. The Morgan fingerprint density at radius 1 is 0.791 bits per heavy atom. The number of unbranched alkanes of at least 4 members (excludes halogenated alkanes) is 1. The summed E-state index contributed by atoms with van der Waals surface area (Å²) in [5, 5.41) is 83.6. The van der Waals surface area contributed by atoms with Crippen LogP contribution in [0.1, 0.15) is 135 Å². The van der Waals surface area contributed by atoms with Crippen LogP contribution in [0.4, 0.5) is 20.1 Å². The number of allylic oxidation sites excluding steroid dienone is 3. The number of nitrogens with one attached hydrogen (secondary N) is 7. The Bertz CT molecular complexity index is 4500. The van der Waals surface area contributed by atoms with E-state index in [0.29, 0.717) is 34.1 Å². The minimum atomic E-state index is -2.30. The van der Waals surface area contributed by atoms with E-state index in [1.54, 1.807) is 72.7 Å². The van der Waals surface area contributed by atoms with E-state index in [2.05, 4.69) is 61.1 Å². The summed E-state index contributed by atoms with van der Waals surface area (Å²) < 4.78 is 78.1. The zero-order chi connectivity index (χ0) is 95.1. The number of rotatable bonds is 41. The molecule has 17 N–H and O–H groups in total. The minimum absolute atomic E-state index is 0.0196. The monoisotopic (exact) mass is 1980 g/mol. The fourth-order valence-corrected chi connectivity index (χ4v) is 18.9. The summed E-state index contributed by atoms with van der Waals surface area (Å²) in [6.07, 6.45) is -16.9. The highest BCUT2D eigenvalue weighted by Crippen LogP contribution is 2.50. The first-order valence-corrected chi connectivity index (χ1v) is 46.1. The number of carbonyl (C=O) groups excluding carboxylic acids is 9. The summed E-state index contributed by atoms with van der Waals surface area (Å²) in [6, 6.07) is 0.0410. The number of Topliss-reactive ketones (excluding diaryl/α,β-unsaturated/α-hetero) is 1. The Balaban J connectivity index is 1.01. The van der Waals surface area contributed by atoms with E-state index in [-0.39, 0.29) is 104 Å². The van der Waals surface area contributed by atoms with Crippen LogP contribution in [0.2, 0.25) is 0 Å². The number of fused-ring (bicyclic) bond motifs is 2. The Labute approximate surface area is 773 Å². The number of thioether (sulfide) groups is 1. The molecule has 22 atom stereocenters. The number of nitrogens with zero attached hydrogens (tertiary/aromatic N) is 1. The van der Waals surface area contributed by atoms with Crippen molar-refractivity contribution in [1.29, 1.82) is 0 Å². The molecule has 0 spiro atoms. The number of methoxy groups -OCH3 is 5. The predicted octanol–water partition coefficient (Wildman–Crippen LogP) is 3.48. The molecule has 2 aromatic carbocycles. The molecule has 4 heterocycles. The lowest BCUT2D eigenvalue weighted by atomic mass is 9.75. The van der Waals surface area contributed by atoms with Crippen molar-refractivity contribution < 1.29 is 145 Å². The summed E-state index contributed by atoms with van der Waals surface area (Å²) in [7, 11) is 8.54. The average molecular weight is 1980 g/mol. The maximum atomic E-state index is 14.7. The van der Waals surface area contributed by atoms with Gasteiger partial charge in [-0.2, -0.15) is 5.48 Å². The molecule has 129 heavy (non-hydrogen) atoms. The van der Waals surface area contributed by atoms with E-state index < -0.39 is 215 Å². The van der Waals surface area contributed by atoms with Crippen LogP contribution in [0.25, 0.3) is 0 Å². The van der Waals surface area contributed by atoms with Crippen LogP contribution in [0.15, 0.2) is 59.3 Å². The number of alkyl carbamates (subject to hydrolysis) is 1. The van der Waals surface area contributed by atoms with Crippen molar-refractivity contribution in [3.8, 4) is 40.9 Å². The van der Waals surface area contributed by atoms with Gasteiger partial charge >= 0.3 is 24.2 Å². The highest BCUT2D eigenvalue weighted by Gasteiger charge is 2.53. The number of ether oxygens (including phenoxy) is 13. The van der Waals surface area contributed by atoms with E-state index in [1.807, 2.05) is 22.6 Å². The second-order valence-corrected chi connectivity index (χ2v) is 37.1. The van der Waals surface area contributed by atoms with E-state index in [4.69, 9.17) is 77.9 Å². The fraction of sp³-hybridized carbons (Fsp3) is 0.624. The molecule has 0 aromatic heterocycles. The Morgan fingerprint density at radius 3 is 2.10 bits per heavy atom. The van der Waals surface area contributed by atoms with Gasteiger partial charge in [0, 0.05) is 69.7 Å². The predicted molar refractivity (Wildman–Crippen MR) is 478 cm³/mol. The molecule has 4 aliphatic heterocycles. The van der Waals surface area contributed by atoms with Gasteiger partial charge in [-0.3, -0.25) is 43.7 Å². The molecule has 8 rings (SSSR count). The van der Waals surface area contributed by atoms with Crippen molar-refractivity contribution in [3.05, 3.63) is 79.6 Å². The van der Waals surface area contributed by atoms with E-state index in [1.165, 1.54) is 72.3 Å². The molecule has 2 aliphatic carbocycles. The largest absolute Gasteiger partial charge is 0.492 e. The number of halogens is 1. The van der Waals surface area contributed by atoms with E-state index in [0.717, 1.165) is 40.5 Å². The molecule has 4 saturated heterocycles. The van der Waals surface area contributed by atoms with Crippen LogP contribution < -0.4 is 63.1 Å². The number of benzene rings is 2. The molecule has 2 aromatic rings. The summed E-state index contributed by atoms with van der Waals surface area (Å²) in [5.74, 6) is 6.42. The Kier molecular flexibility index (Phi) is 40.8. The molecule has 0 saturated carbocycles. The number of anilines is 1. The lowest BCUT2D eigenvalue weighted by molar-refractivity contribution is -0.337. The summed E-state index contributed by atoms with van der Waals surface area (Å²) in [4.78, 5) is 142. The fourth-order valence-electron chi connectivity index (χ4n) is 14.9. The SMILES string of the molecule is CCN(C(=O)OCc1ccc(NC(=O)[C@H](CCCNC(N)=O)NC(=O)[C@@H](NC(=O)[C@H](CCCCN)NC(C)=O)C(C)C)cc1)[C@H]1CO[C@@H](O[C@H]2[C@H](O[C@H]3C#C/C=C\C#C[C@]4(O)CC(=O)C(NC(=O)OC)=C3/C4=C\CSSC(C)(C)C(=O)O)O[C@H](C)[C@@H](NO[C@H]3C[C@H](O)[C@H](SC(=O)c4c(C)c(I)c(O[C@@H]5O[C@@H](C)[C@H](O)[C@@H](OC)[C@H]5O)c(OC)c4OC)[C@@H](C)O3)[C@@H]2O)C[C@@H]1OC. The first kappa shape index (κ1) is 106. The van der Waals surface area contributed by atoms with Crippen LogP contribution in [-0.2, 0) is 87.6 Å². The zero-order valence-electron chi connectivity index (χ0n) is 74.3. The maximum absolute atomic E-state index is 14.7. The van der Waals surface area contributed by atoms with Gasteiger partial charge in [0.15, 0.2) is 41.8 Å². The molecule has 0 unspecified atom stereocenters. The van der Waals surface area contributed by atoms with Crippen molar-refractivity contribution >= 4 is 120 Å². The van der Waals surface area contributed by atoms with Gasteiger partial charge in [0.25, 0.3) is 0 Å². The number of aliphatic hydroxyl groups is 5. The first-order chi connectivity index (χ1) is 61.2. The summed E-state index contributed by atoms with van der Waals surface area (Å²) in [6.45, 7) is 15.7. The van der Waals surface area contributed by atoms with Crippen LogP contribution in [0.5, 0.6) is 17.2 Å². The number of aliphatic hydroxyl groups excluding tert-OH is 4. The number of primary amides is 1. The van der Waals surface area contributed by atoms with Crippen molar-refractivity contribution in [1.82, 2.24) is 37.0 Å². The number of hydroxylamine groups is 1. The number of aliphatic carboxylic acids is 1. The van der Waals surface area contributed by atoms with Gasteiger partial charge in [-0.15, -0.1) is 0 Å². The third-order valence-electron chi connectivity index (χ3n) is 22.0. The number of nitrogens with two attached hydrogens (primary N) is 2. The molecule has 0 radical (unpaired) electrons. The number of likely N-dealkylation sites (N-methyl/N-ethyl adjacent to an activating group) is 1. The molecule has 40 nitrogen and oxygen atoms in total. The molecule has 8 amide bonds. The second-order valence-electron chi connectivity index (χ2n) is 31.9. The van der Waals surface area contributed by atoms with Gasteiger partial charge in [-0.05, 0) is 151 Å². The van der Waals surface area contributed by atoms with Crippen molar-refractivity contribution in [3.63, 3.8) is 0 Å². The number of ketones is 1. The number of hydrogen-bond acceptors (Lipinski definition) is 34. The van der Waals surface area contributed by atoms with Crippen molar-refractivity contribution in [2.75, 3.05) is 72.9 Å². The number of carboxylic acids is 1. The average Bonchev–Trinajstić information content (AvgIpc) is 0.749. The molecular weight excluding hydrogens is 1860 g/mol. The minimum Gasteiger partial charge on any atom is -0.492 e. The molecule has 4 fully saturated rings. The molecule has 6 aliphatic rings. The first-order valence-electron chi connectivity index (χ1n) is 41.8. The molecule has 44 heteroatoms. The van der Waals surface area contributed by atoms with Gasteiger partial charge in [0.1, 0.15) is 66.1 Å². The lowest BCUT2D eigenvalue weighted by Crippen LogP contribution is -2.65. The van der Waals surface area contributed by atoms with Crippen LogP contribution in [-0.4, -0.2) is 300 Å². The van der Waals surface area contributed by atoms with Crippen molar-refractivity contribution in [2.45, 2.75) is 265 Å². The highest BCUT2D eigenvalue weighted by molar-refractivity contribution is 14.1. The highest BCUT2D eigenvalue weighted by atomic mass is 127. The van der Waals surface area contributed by atoms with Gasteiger partial charge in [-0.1, -0.05) is 89.1 Å². The van der Waals surface area contributed by atoms with Crippen LogP contribution in [0, 0.1) is 40.1 Å². The zero-order valence-corrected chi connectivity index (χ0v) is 78.9. The standard InChI is InChI=1S/C85H119IN10O30S3/c1-16-96(83(111)119-39-47-27-29-48(30-28-47)91-74(103)51(25-23-34-89-81(88)109)92-76(105)62(41(2)3)93-75(104)50(90-46(8)97)24-20-22-33-87)52-40-118-57(37-56(52)113-11)124-71-66(101)63(43(5)121-79(71)123-55-26-19-17-18-21-32-85(112)38-54(99)64(94-82(110)117-15)60(55)49(85)31-35-127-129-84(9,10)80(107)108)95-126-58-36-53(98)73(45(7)120-58)128-77(106)59-42(4)61(86)69(72(116-14)68(59)114-12)125-78-67(102)70(115-13)65(100)44(6)122-78/h17-18,27-31,41,43-45,50-53,55-58,62-63,65-67,70-71,73,78-79,95,98,100-102,112H,16,20,22-25,33-40,87H2,1-15H3,(H,90,97)(H,91,103)(H,92,105)(H,93,104)(H,94,110)(H,107,108)(H3,88,89,109)/b18-17-,49-31+/t43-,44+,45-,50+,51+,52+,53+,55+,56+,57+,58+,62+,63-,65+,66+,67-,70-,71-,73-,78+,79+,85+/m1/s1. The third-order valence-corrected chi connectivity index (χ3v) is 27.7. The maximum Gasteiger partial charge on any atom is 0.411 e. The number of carboxylic acid groups (broad SMARTS) is 1. The van der Waals surface area contributed by atoms with E-state index in [9.17, 15) is 78.6 Å². The van der Waals surface area contributed by atoms with Crippen LogP contribution in [0.3, 0.4) is 0 Å². The third kappa shape index (κ3) is 28.0. The number of carbonyl (C=O) groups is 10. The Morgan fingerprint density at radius 2 is 1.47 bits per heavy atom. The van der Waals surface area contributed by atoms with Gasteiger partial charge < -0.3 is 135 Å². The summed E-state index contributed by atoms with van der Waals surface area (Å²) >= 11 is 2.73. The van der Waals surface area contributed by atoms with E-state index >= 15 is 0 Å².